The smallest absolute Gasteiger partial charge is 0.270 e. The molecular weight excluding hydrogens is 228 g/mol. The van der Waals surface area contributed by atoms with Crippen molar-refractivity contribution in [2.75, 3.05) is 0 Å². The monoisotopic (exact) mass is 239 g/mol. The molecule has 1 aromatic heterocycles. The van der Waals surface area contributed by atoms with Crippen molar-refractivity contribution in [1.29, 1.82) is 0 Å². The van der Waals surface area contributed by atoms with E-state index < -0.39 is 0 Å². The van der Waals surface area contributed by atoms with Gasteiger partial charge in [-0.25, -0.2) is 0 Å². The van der Waals surface area contributed by atoms with Crippen LogP contribution in [0.1, 0.15) is 6.92 Å². The van der Waals surface area contributed by atoms with E-state index in [0.717, 1.165) is 28.4 Å². The lowest BCUT2D eigenvalue weighted by Crippen LogP contribution is -1.93. The summed E-state index contributed by atoms with van der Waals surface area (Å²) in [5, 5.41) is 12.8. The second-order valence-corrected chi connectivity index (χ2v) is 4.15. The fourth-order valence-electron chi connectivity index (χ4n) is 2.43. The van der Waals surface area contributed by atoms with E-state index in [9.17, 15) is 10.1 Å². The highest BCUT2D eigenvalue weighted by Gasteiger charge is 2.13. The summed E-state index contributed by atoms with van der Waals surface area (Å²) >= 11 is 0. The minimum absolute atomic E-state index is 0.126. The predicted octanol–water partition coefficient (Wildman–Crippen LogP) is 3.52. The molecular formula is C14H11N2O2. The number of nitro groups is 1. The van der Waals surface area contributed by atoms with Gasteiger partial charge in [0.05, 0.1) is 4.92 Å². The topological polar surface area (TPSA) is 48.1 Å². The number of nitrogens with zero attached hydrogens (tertiary/aromatic N) is 2. The van der Waals surface area contributed by atoms with Crippen LogP contribution in [0.5, 0.6) is 0 Å². The first kappa shape index (κ1) is 10.8. The standard InChI is InChI=1S/C14H11N2O2/c1-2-15-13-6-4-3-5-11(13)12-9-10(16(17)18)7-8-14(12)15/h4-9H,2H2,1H3. The third kappa shape index (κ3) is 1.39. The average Bonchev–Trinajstić information content (AvgIpc) is 2.71. The van der Waals surface area contributed by atoms with Crippen LogP contribution in [-0.4, -0.2) is 9.49 Å². The van der Waals surface area contributed by atoms with Gasteiger partial charge in [-0.1, -0.05) is 6.07 Å². The summed E-state index contributed by atoms with van der Waals surface area (Å²) in [5.41, 5.74) is 2.24. The zero-order valence-electron chi connectivity index (χ0n) is 9.88. The van der Waals surface area contributed by atoms with Crippen molar-refractivity contribution in [3.05, 3.63) is 52.6 Å². The van der Waals surface area contributed by atoms with Crippen molar-refractivity contribution in [3.63, 3.8) is 0 Å². The summed E-state index contributed by atoms with van der Waals surface area (Å²) in [7, 11) is 0. The van der Waals surface area contributed by atoms with Gasteiger partial charge in [-0.05, 0) is 31.2 Å². The zero-order chi connectivity index (χ0) is 12.7. The molecule has 0 aliphatic heterocycles. The molecule has 0 atom stereocenters. The molecule has 3 rings (SSSR count). The molecule has 0 aliphatic carbocycles. The number of fused-ring (bicyclic) bond motifs is 3. The van der Waals surface area contributed by atoms with Gasteiger partial charge in [0.25, 0.3) is 5.69 Å². The Kier molecular flexibility index (Phi) is 2.30. The Balaban J connectivity index is 2.48. The molecule has 4 nitrogen and oxygen atoms in total. The Morgan fingerprint density at radius 2 is 2.06 bits per heavy atom. The Morgan fingerprint density at radius 1 is 1.28 bits per heavy atom. The van der Waals surface area contributed by atoms with Crippen molar-refractivity contribution >= 4 is 27.5 Å². The molecule has 1 heterocycles. The number of non-ortho nitro benzene ring substituents is 1. The van der Waals surface area contributed by atoms with Crippen LogP contribution in [-0.2, 0) is 6.54 Å². The number of rotatable bonds is 2. The Morgan fingerprint density at radius 3 is 2.78 bits per heavy atom. The lowest BCUT2D eigenvalue weighted by atomic mass is 10.1. The highest BCUT2D eigenvalue weighted by Crippen LogP contribution is 2.31. The first-order valence-electron chi connectivity index (χ1n) is 5.79. The molecule has 0 N–H and O–H groups in total. The van der Waals surface area contributed by atoms with E-state index in [1.807, 2.05) is 24.3 Å². The normalized spacial score (nSPS) is 11.2. The molecule has 0 saturated carbocycles. The molecule has 0 bridgehead atoms. The van der Waals surface area contributed by atoms with Crippen LogP contribution in [0.4, 0.5) is 5.69 Å². The van der Waals surface area contributed by atoms with Gasteiger partial charge < -0.3 is 4.57 Å². The van der Waals surface area contributed by atoms with E-state index in [0.29, 0.717) is 0 Å². The fraction of sp³-hybridized carbons (Fsp3) is 0.143. The highest BCUT2D eigenvalue weighted by atomic mass is 16.6. The SMILES string of the molecule is CCn1c2cc[c]cc2c2cc([N+](=O)[O-])ccc21. The molecule has 0 unspecified atom stereocenters. The van der Waals surface area contributed by atoms with Crippen molar-refractivity contribution in [3.8, 4) is 0 Å². The van der Waals surface area contributed by atoms with Gasteiger partial charge in [0.2, 0.25) is 0 Å². The molecule has 0 amide bonds. The van der Waals surface area contributed by atoms with Crippen molar-refractivity contribution in [1.82, 2.24) is 4.57 Å². The molecule has 2 aromatic carbocycles. The van der Waals surface area contributed by atoms with Crippen LogP contribution >= 0.6 is 0 Å². The lowest BCUT2D eigenvalue weighted by Gasteiger charge is -2.01. The summed E-state index contributed by atoms with van der Waals surface area (Å²) in [6.07, 6.45) is 0. The third-order valence-electron chi connectivity index (χ3n) is 3.22. The number of nitro benzene ring substituents is 1. The van der Waals surface area contributed by atoms with E-state index in [1.165, 1.54) is 0 Å². The van der Waals surface area contributed by atoms with Crippen LogP contribution < -0.4 is 0 Å². The number of benzene rings is 2. The van der Waals surface area contributed by atoms with Gasteiger partial charge >= 0.3 is 0 Å². The van der Waals surface area contributed by atoms with Crippen LogP contribution in [0.3, 0.4) is 0 Å². The number of hydrogen-bond acceptors (Lipinski definition) is 2. The van der Waals surface area contributed by atoms with Gasteiger partial charge in [0, 0.05) is 40.5 Å². The van der Waals surface area contributed by atoms with Crippen molar-refractivity contribution in [2.24, 2.45) is 0 Å². The predicted molar refractivity (Wildman–Crippen MR) is 70.6 cm³/mol. The van der Waals surface area contributed by atoms with Gasteiger partial charge in [-0.2, -0.15) is 0 Å². The van der Waals surface area contributed by atoms with Crippen molar-refractivity contribution < 1.29 is 4.92 Å². The summed E-state index contributed by atoms with van der Waals surface area (Å²) in [5.74, 6) is 0. The molecule has 0 fully saturated rings. The molecule has 4 heteroatoms. The summed E-state index contributed by atoms with van der Waals surface area (Å²) in [6.45, 7) is 2.90. The molecule has 18 heavy (non-hydrogen) atoms. The van der Waals surface area contributed by atoms with Gasteiger partial charge in [-0.3, -0.25) is 10.1 Å². The van der Waals surface area contributed by atoms with E-state index in [2.05, 4.69) is 17.6 Å². The maximum atomic E-state index is 10.8. The Bertz CT molecular complexity index is 759. The largest absolute Gasteiger partial charge is 0.341 e. The van der Waals surface area contributed by atoms with Crippen molar-refractivity contribution in [2.45, 2.75) is 13.5 Å². The fourth-order valence-corrected chi connectivity index (χ4v) is 2.43. The summed E-state index contributed by atoms with van der Waals surface area (Å²) in [6, 6.07) is 13.8. The van der Waals surface area contributed by atoms with E-state index in [1.54, 1.807) is 12.1 Å². The minimum atomic E-state index is -0.360. The van der Waals surface area contributed by atoms with E-state index in [4.69, 9.17) is 0 Å². The van der Waals surface area contributed by atoms with E-state index >= 15 is 0 Å². The molecule has 89 valence electrons. The zero-order valence-corrected chi connectivity index (χ0v) is 9.88. The maximum Gasteiger partial charge on any atom is 0.270 e. The van der Waals surface area contributed by atoms with Crippen LogP contribution in [0.2, 0.25) is 0 Å². The number of hydrogen-bond donors (Lipinski definition) is 0. The Labute approximate surface area is 104 Å². The Hall–Kier alpha value is -2.36. The quantitative estimate of drug-likeness (QED) is 0.507. The second-order valence-electron chi connectivity index (χ2n) is 4.15. The van der Waals surface area contributed by atoms with Gasteiger partial charge in [-0.15, -0.1) is 0 Å². The van der Waals surface area contributed by atoms with Crippen LogP contribution in [0.25, 0.3) is 21.8 Å². The average molecular weight is 239 g/mol. The van der Waals surface area contributed by atoms with E-state index in [-0.39, 0.29) is 10.6 Å². The summed E-state index contributed by atoms with van der Waals surface area (Å²) < 4.78 is 2.15. The van der Waals surface area contributed by atoms with Gasteiger partial charge in [0.15, 0.2) is 0 Å². The first-order valence-corrected chi connectivity index (χ1v) is 5.79. The molecule has 0 spiro atoms. The highest BCUT2D eigenvalue weighted by molar-refractivity contribution is 6.08. The third-order valence-corrected chi connectivity index (χ3v) is 3.22. The molecule has 3 aromatic rings. The summed E-state index contributed by atoms with van der Waals surface area (Å²) in [4.78, 5) is 10.5. The molecule has 1 radical (unpaired) electrons. The van der Waals surface area contributed by atoms with Crippen LogP contribution in [0, 0.1) is 16.2 Å². The molecule has 0 aliphatic rings. The number of aromatic nitrogens is 1. The lowest BCUT2D eigenvalue weighted by molar-refractivity contribution is -0.384. The first-order chi connectivity index (χ1) is 8.72. The molecule has 0 saturated heterocycles. The number of aryl methyl sites for hydroxylation is 1. The van der Waals surface area contributed by atoms with Gasteiger partial charge in [0.1, 0.15) is 0 Å². The maximum absolute atomic E-state index is 10.8. The van der Waals surface area contributed by atoms with Crippen LogP contribution in [0.15, 0.2) is 36.4 Å². The second kappa shape index (κ2) is 3.84. The minimum Gasteiger partial charge on any atom is -0.341 e.